The van der Waals surface area contributed by atoms with Crippen LogP contribution in [0, 0.1) is 0 Å². The molecule has 0 saturated carbocycles. The molecule has 2 heterocycles. The first-order valence-electron chi connectivity index (χ1n) is 7.46. The number of thioether (sulfide) groups is 1. The second-order valence-electron chi connectivity index (χ2n) is 5.08. The van der Waals surface area contributed by atoms with E-state index < -0.39 is 0 Å². The van der Waals surface area contributed by atoms with Gasteiger partial charge < -0.3 is 15.3 Å². The van der Waals surface area contributed by atoms with Gasteiger partial charge in [-0.15, -0.1) is 10.2 Å². The Labute approximate surface area is 134 Å². The third-order valence-corrected chi connectivity index (χ3v) is 4.59. The van der Waals surface area contributed by atoms with E-state index in [0.717, 1.165) is 36.5 Å². The summed E-state index contributed by atoms with van der Waals surface area (Å²) >= 11 is 1.59. The number of rotatable bonds is 6. The largest absolute Gasteiger partial charge is 0.494 e. The standard InChI is InChI=1S/C15H20N4O2S/c1-2-20-12-7-5-11(6-8-12)14-17-18-15(19(14)16)22-10-13-4-3-9-21-13/h5-8,13H,2-4,9-10,16H2,1H3. The summed E-state index contributed by atoms with van der Waals surface area (Å²) in [6.45, 7) is 3.47. The van der Waals surface area contributed by atoms with Crippen molar-refractivity contribution in [1.29, 1.82) is 0 Å². The van der Waals surface area contributed by atoms with Gasteiger partial charge in [0.15, 0.2) is 5.82 Å². The van der Waals surface area contributed by atoms with E-state index in [4.69, 9.17) is 15.3 Å². The highest BCUT2D eigenvalue weighted by atomic mass is 32.2. The molecule has 1 aliphatic heterocycles. The van der Waals surface area contributed by atoms with Crippen LogP contribution in [0.25, 0.3) is 11.4 Å². The minimum absolute atomic E-state index is 0.302. The average molecular weight is 320 g/mol. The van der Waals surface area contributed by atoms with Gasteiger partial charge in [0.2, 0.25) is 5.16 Å². The summed E-state index contributed by atoms with van der Waals surface area (Å²) in [7, 11) is 0. The van der Waals surface area contributed by atoms with E-state index in [1.54, 1.807) is 11.8 Å². The quantitative estimate of drug-likeness (QED) is 0.650. The number of hydrogen-bond acceptors (Lipinski definition) is 6. The fourth-order valence-corrected chi connectivity index (χ4v) is 3.30. The SMILES string of the molecule is CCOc1ccc(-c2nnc(SCC3CCCO3)n2N)cc1. The Hall–Kier alpha value is -1.73. The number of nitrogens with zero attached hydrogens (tertiary/aromatic N) is 3. The highest BCUT2D eigenvalue weighted by Gasteiger charge is 2.18. The Bertz CT molecular complexity index is 609. The Morgan fingerprint density at radius 3 is 2.86 bits per heavy atom. The number of ether oxygens (including phenoxy) is 2. The number of benzene rings is 1. The molecule has 1 saturated heterocycles. The number of nitrogen functional groups attached to an aromatic ring is 1. The zero-order valence-corrected chi connectivity index (χ0v) is 13.4. The first kappa shape index (κ1) is 15.2. The van der Waals surface area contributed by atoms with Gasteiger partial charge in [-0.1, -0.05) is 11.8 Å². The fraction of sp³-hybridized carbons (Fsp3) is 0.467. The van der Waals surface area contributed by atoms with Crippen LogP contribution in [0.5, 0.6) is 5.75 Å². The molecule has 0 radical (unpaired) electrons. The first-order chi connectivity index (χ1) is 10.8. The van der Waals surface area contributed by atoms with E-state index in [1.165, 1.54) is 4.68 Å². The van der Waals surface area contributed by atoms with Gasteiger partial charge in [-0.05, 0) is 44.0 Å². The van der Waals surface area contributed by atoms with Crippen molar-refractivity contribution in [2.75, 3.05) is 24.8 Å². The molecule has 7 heteroatoms. The lowest BCUT2D eigenvalue weighted by atomic mass is 10.2. The minimum Gasteiger partial charge on any atom is -0.494 e. The number of nitrogens with two attached hydrogens (primary N) is 1. The van der Waals surface area contributed by atoms with Gasteiger partial charge in [-0.25, -0.2) is 4.68 Å². The highest BCUT2D eigenvalue weighted by molar-refractivity contribution is 7.99. The summed E-state index contributed by atoms with van der Waals surface area (Å²) in [6, 6.07) is 7.69. The molecule has 6 nitrogen and oxygen atoms in total. The second kappa shape index (κ2) is 7.02. The normalized spacial score (nSPS) is 17.8. The monoisotopic (exact) mass is 320 g/mol. The van der Waals surface area contributed by atoms with Crippen LogP contribution < -0.4 is 10.6 Å². The maximum absolute atomic E-state index is 6.12. The van der Waals surface area contributed by atoms with Gasteiger partial charge >= 0.3 is 0 Å². The van der Waals surface area contributed by atoms with Crippen molar-refractivity contribution in [2.45, 2.75) is 31.0 Å². The maximum Gasteiger partial charge on any atom is 0.210 e. The predicted octanol–water partition coefficient (Wildman–Crippen LogP) is 2.33. The van der Waals surface area contributed by atoms with Crippen LogP contribution in [0.15, 0.2) is 29.4 Å². The lowest BCUT2D eigenvalue weighted by Crippen LogP contribution is -2.14. The third-order valence-electron chi connectivity index (χ3n) is 3.51. The van der Waals surface area contributed by atoms with Crippen LogP contribution >= 0.6 is 11.8 Å². The average Bonchev–Trinajstić information content (AvgIpc) is 3.16. The summed E-state index contributed by atoms with van der Waals surface area (Å²) in [5.41, 5.74) is 0.919. The number of hydrogen-bond donors (Lipinski definition) is 1. The van der Waals surface area contributed by atoms with Crippen LogP contribution in [0.2, 0.25) is 0 Å². The molecule has 2 N–H and O–H groups in total. The summed E-state index contributed by atoms with van der Waals surface area (Å²) < 4.78 is 12.6. The Kier molecular flexibility index (Phi) is 4.84. The van der Waals surface area contributed by atoms with Crippen molar-refractivity contribution in [3.63, 3.8) is 0 Å². The lowest BCUT2D eigenvalue weighted by Gasteiger charge is -2.08. The van der Waals surface area contributed by atoms with Crippen LogP contribution in [0.1, 0.15) is 19.8 Å². The Balaban J connectivity index is 1.69. The molecule has 0 amide bonds. The van der Waals surface area contributed by atoms with Gasteiger partial charge in [-0.2, -0.15) is 0 Å². The van der Waals surface area contributed by atoms with Crippen LogP contribution in [0.3, 0.4) is 0 Å². The first-order valence-corrected chi connectivity index (χ1v) is 8.44. The molecule has 1 unspecified atom stereocenters. The fourth-order valence-electron chi connectivity index (χ4n) is 2.38. The van der Waals surface area contributed by atoms with Crippen molar-refractivity contribution in [2.24, 2.45) is 0 Å². The molecule has 1 aromatic carbocycles. The zero-order chi connectivity index (χ0) is 15.4. The molecule has 22 heavy (non-hydrogen) atoms. The van der Waals surface area contributed by atoms with Crippen molar-refractivity contribution in [3.8, 4) is 17.1 Å². The van der Waals surface area contributed by atoms with E-state index >= 15 is 0 Å². The van der Waals surface area contributed by atoms with Gasteiger partial charge in [0, 0.05) is 17.9 Å². The molecular weight excluding hydrogens is 300 g/mol. The Morgan fingerprint density at radius 1 is 1.36 bits per heavy atom. The van der Waals surface area contributed by atoms with E-state index in [-0.39, 0.29) is 0 Å². The molecule has 0 bridgehead atoms. The molecule has 1 atom stereocenters. The van der Waals surface area contributed by atoms with E-state index in [0.29, 0.717) is 23.7 Å². The van der Waals surface area contributed by atoms with E-state index in [2.05, 4.69) is 10.2 Å². The molecule has 0 spiro atoms. The molecule has 1 aromatic heterocycles. The van der Waals surface area contributed by atoms with Gasteiger partial charge in [0.1, 0.15) is 5.75 Å². The van der Waals surface area contributed by atoms with Crippen molar-refractivity contribution in [1.82, 2.24) is 14.9 Å². The van der Waals surface area contributed by atoms with Crippen molar-refractivity contribution in [3.05, 3.63) is 24.3 Å². The Morgan fingerprint density at radius 2 is 2.18 bits per heavy atom. The van der Waals surface area contributed by atoms with Gasteiger partial charge in [0.25, 0.3) is 0 Å². The lowest BCUT2D eigenvalue weighted by molar-refractivity contribution is 0.129. The van der Waals surface area contributed by atoms with E-state index in [9.17, 15) is 0 Å². The molecule has 1 aliphatic rings. The van der Waals surface area contributed by atoms with Crippen molar-refractivity contribution < 1.29 is 9.47 Å². The second-order valence-corrected chi connectivity index (χ2v) is 6.07. The van der Waals surface area contributed by atoms with Crippen LogP contribution in [0.4, 0.5) is 0 Å². The summed E-state index contributed by atoms with van der Waals surface area (Å²) in [4.78, 5) is 0. The van der Waals surface area contributed by atoms with Gasteiger partial charge in [0.05, 0.1) is 12.7 Å². The summed E-state index contributed by atoms with van der Waals surface area (Å²) in [5, 5.41) is 9.08. The zero-order valence-electron chi connectivity index (χ0n) is 12.6. The maximum atomic E-state index is 6.12. The molecular formula is C15H20N4O2S. The predicted molar refractivity (Wildman–Crippen MR) is 86.5 cm³/mol. The molecule has 1 fully saturated rings. The molecule has 118 valence electrons. The topological polar surface area (TPSA) is 75.2 Å². The third kappa shape index (κ3) is 3.36. The molecule has 0 aliphatic carbocycles. The molecule has 3 rings (SSSR count). The molecule has 2 aromatic rings. The minimum atomic E-state index is 0.302. The van der Waals surface area contributed by atoms with Gasteiger partial charge in [-0.3, -0.25) is 0 Å². The summed E-state index contributed by atoms with van der Waals surface area (Å²) in [6.07, 6.45) is 2.55. The highest BCUT2D eigenvalue weighted by Crippen LogP contribution is 2.26. The van der Waals surface area contributed by atoms with Crippen LogP contribution in [-0.4, -0.2) is 39.9 Å². The van der Waals surface area contributed by atoms with E-state index in [1.807, 2.05) is 31.2 Å². The summed E-state index contributed by atoms with van der Waals surface area (Å²) in [5.74, 6) is 8.46. The van der Waals surface area contributed by atoms with Crippen molar-refractivity contribution >= 4 is 11.8 Å². The van der Waals surface area contributed by atoms with Crippen LogP contribution in [-0.2, 0) is 4.74 Å². The number of aromatic nitrogens is 3. The smallest absolute Gasteiger partial charge is 0.210 e.